The summed E-state index contributed by atoms with van der Waals surface area (Å²) in [5, 5.41) is 9.18. The van der Waals surface area contributed by atoms with E-state index in [2.05, 4.69) is 11.9 Å². The molecule has 13 heteroatoms. The highest BCUT2D eigenvalue weighted by Gasteiger charge is 2.29. The number of fused-ring (bicyclic) bond motifs is 1. The maximum absolute atomic E-state index is 13.5. The van der Waals surface area contributed by atoms with Crippen LogP contribution in [0.3, 0.4) is 0 Å². The fraction of sp³-hybridized carbons (Fsp3) is 0.538. The van der Waals surface area contributed by atoms with Crippen LogP contribution in [0.15, 0.2) is 34.1 Å². The van der Waals surface area contributed by atoms with Gasteiger partial charge in [0.05, 0.1) is 29.2 Å². The van der Waals surface area contributed by atoms with E-state index in [0.29, 0.717) is 74.0 Å². The lowest BCUT2D eigenvalue weighted by Crippen LogP contribution is -2.49. The van der Waals surface area contributed by atoms with Crippen molar-refractivity contribution in [1.29, 1.82) is 0 Å². The summed E-state index contributed by atoms with van der Waals surface area (Å²) in [5.41, 5.74) is 2.33. The zero-order valence-electron chi connectivity index (χ0n) is 22.7. The molecular weight excluding hydrogens is 565 g/mol. The number of H-pyrrole nitrogens is 1. The number of nitrogens with one attached hydrogen (secondary N) is 1. The molecule has 1 aliphatic rings. The first-order valence-electron chi connectivity index (χ1n) is 13.1. The minimum atomic E-state index is -3.77. The van der Waals surface area contributed by atoms with Crippen LogP contribution < -0.4 is 10.3 Å². The first-order valence-corrected chi connectivity index (χ1v) is 14.5. The number of piperazine rings is 1. The number of benzene rings is 1. The van der Waals surface area contributed by atoms with E-state index in [0.717, 1.165) is 24.8 Å². The monoisotopic (exact) mass is 603 g/mol. The molecule has 4 rings (SSSR count). The molecule has 1 aromatic carbocycles. The molecule has 10 nitrogen and oxygen atoms in total. The molecule has 0 radical (unpaired) electrons. The SMILES string of the molecule is CCCOc1ccc(S(=O)(=O)N2CCN(CCO)CC2)cc1-c1nc2c(CCC)cn(CC)c2c(=O)[nH]1.Cl.Cl. The van der Waals surface area contributed by atoms with Crippen LogP contribution in [0.5, 0.6) is 5.75 Å². The van der Waals surface area contributed by atoms with E-state index >= 15 is 0 Å². The van der Waals surface area contributed by atoms with Gasteiger partial charge in [-0.1, -0.05) is 20.3 Å². The Hall–Kier alpha value is -2.15. The van der Waals surface area contributed by atoms with Crippen molar-refractivity contribution in [2.75, 3.05) is 45.9 Å². The van der Waals surface area contributed by atoms with Crippen molar-refractivity contribution in [1.82, 2.24) is 23.7 Å². The second kappa shape index (κ2) is 14.5. The molecule has 3 aromatic rings. The maximum atomic E-state index is 13.5. The Morgan fingerprint density at radius 3 is 2.41 bits per heavy atom. The van der Waals surface area contributed by atoms with E-state index in [-0.39, 0.29) is 41.9 Å². The number of aromatic nitrogens is 3. The second-order valence-corrected chi connectivity index (χ2v) is 11.2. The molecule has 0 unspecified atom stereocenters. The number of aryl methyl sites for hydroxylation is 2. The van der Waals surface area contributed by atoms with Gasteiger partial charge in [-0.05, 0) is 43.5 Å². The van der Waals surface area contributed by atoms with Crippen LogP contribution in [-0.4, -0.2) is 83.2 Å². The number of aliphatic hydroxyl groups excluding tert-OH is 1. The number of aromatic amines is 1. The van der Waals surface area contributed by atoms with Crippen molar-refractivity contribution in [2.24, 2.45) is 0 Å². The van der Waals surface area contributed by atoms with Crippen molar-refractivity contribution >= 4 is 45.9 Å². The fourth-order valence-corrected chi connectivity index (χ4v) is 6.23. The van der Waals surface area contributed by atoms with Gasteiger partial charge in [0.15, 0.2) is 0 Å². The third-order valence-corrected chi connectivity index (χ3v) is 8.61. The van der Waals surface area contributed by atoms with Crippen molar-refractivity contribution < 1.29 is 18.3 Å². The van der Waals surface area contributed by atoms with Gasteiger partial charge in [0.2, 0.25) is 10.0 Å². The number of hydrogen-bond donors (Lipinski definition) is 2. The number of sulfonamides is 1. The van der Waals surface area contributed by atoms with Crippen LogP contribution in [0.2, 0.25) is 0 Å². The number of hydrogen-bond acceptors (Lipinski definition) is 7. The highest BCUT2D eigenvalue weighted by molar-refractivity contribution is 7.89. The Balaban J connectivity index is 0.00000267. The first-order chi connectivity index (χ1) is 17.8. The van der Waals surface area contributed by atoms with Crippen LogP contribution in [-0.2, 0) is 23.0 Å². The molecule has 1 aliphatic heterocycles. The van der Waals surface area contributed by atoms with Crippen molar-refractivity contribution in [3.05, 3.63) is 40.3 Å². The second-order valence-electron chi connectivity index (χ2n) is 9.28. The van der Waals surface area contributed by atoms with Crippen LogP contribution >= 0.6 is 24.8 Å². The predicted octanol–water partition coefficient (Wildman–Crippen LogP) is 3.30. The molecule has 218 valence electrons. The number of nitrogens with zero attached hydrogens (tertiary/aromatic N) is 4. The third kappa shape index (κ3) is 6.96. The van der Waals surface area contributed by atoms with Gasteiger partial charge in [-0.25, -0.2) is 13.4 Å². The van der Waals surface area contributed by atoms with Gasteiger partial charge in [0.1, 0.15) is 17.1 Å². The molecule has 2 N–H and O–H groups in total. The number of rotatable bonds is 11. The molecule has 2 aromatic heterocycles. The van der Waals surface area contributed by atoms with E-state index < -0.39 is 10.0 Å². The topological polar surface area (TPSA) is 121 Å². The maximum Gasteiger partial charge on any atom is 0.275 e. The van der Waals surface area contributed by atoms with E-state index in [1.807, 2.05) is 29.5 Å². The summed E-state index contributed by atoms with van der Waals surface area (Å²) >= 11 is 0. The van der Waals surface area contributed by atoms with Gasteiger partial charge in [0.25, 0.3) is 5.56 Å². The molecule has 0 aliphatic carbocycles. The minimum absolute atomic E-state index is 0. The number of β-amino-alcohol motifs (C(OH)–C–C–N with tert-alkyl or cyclic N) is 1. The molecule has 0 atom stereocenters. The third-order valence-electron chi connectivity index (χ3n) is 6.71. The van der Waals surface area contributed by atoms with Crippen LogP contribution in [0.4, 0.5) is 0 Å². The smallest absolute Gasteiger partial charge is 0.275 e. The fourth-order valence-electron chi connectivity index (χ4n) is 4.78. The van der Waals surface area contributed by atoms with Crippen molar-refractivity contribution in [3.63, 3.8) is 0 Å². The van der Waals surface area contributed by atoms with E-state index in [9.17, 15) is 18.3 Å². The Morgan fingerprint density at radius 2 is 1.79 bits per heavy atom. The zero-order chi connectivity index (χ0) is 26.6. The Morgan fingerprint density at radius 1 is 1.08 bits per heavy atom. The number of aliphatic hydroxyl groups is 1. The summed E-state index contributed by atoms with van der Waals surface area (Å²) in [7, 11) is -3.77. The quantitative estimate of drug-likeness (QED) is 0.345. The lowest BCUT2D eigenvalue weighted by atomic mass is 10.1. The summed E-state index contributed by atoms with van der Waals surface area (Å²) in [5.74, 6) is 0.766. The van der Waals surface area contributed by atoms with Gasteiger partial charge in [0, 0.05) is 45.5 Å². The molecule has 0 bridgehead atoms. The molecule has 3 heterocycles. The summed E-state index contributed by atoms with van der Waals surface area (Å²) in [6.45, 7) is 9.54. The average Bonchev–Trinajstić information content (AvgIpc) is 3.26. The van der Waals surface area contributed by atoms with Crippen LogP contribution in [0.1, 0.15) is 39.2 Å². The van der Waals surface area contributed by atoms with Gasteiger partial charge >= 0.3 is 0 Å². The largest absolute Gasteiger partial charge is 0.493 e. The van der Waals surface area contributed by atoms with Gasteiger partial charge in [-0.2, -0.15) is 4.31 Å². The lowest BCUT2D eigenvalue weighted by Gasteiger charge is -2.33. The zero-order valence-corrected chi connectivity index (χ0v) is 25.1. The summed E-state index contributed by atoms with van der Waals surface area (Å²) in [4.78, 5) is 23.1. The molecule has 1 fully saturated rings. The highest BCUT2D eigenvalue weighted by atomic mass is 35.5. The molecule has 0 saturated carbocycles. The summed E-state index contributed by atoms with van der Waals surface area (Å²) in [6.07, 6.45) is 4.46. The van der Waals surface area contributed by atoms with Crippen LogP contribution in [0.25, 0.3) is 22.4 Å². The van der Waals surface area contributed by atoms with Crippen molar-refractivity contribution in [3.8, 4) is 17.1 Å². The van der Waals surface area contributed by atoms with Gasteiger partial charge in [-0.15, -0.1) is 24.8 Å². The lowest BCUT2D eigenvalue weighted by molar-refractivity contribution is 0.151. The standard InChI is InChI=1S/C26H37N5O5S.2ClH/c1-4-7-19-18-30(6-3)24-23(19)27-25(28-26(24)33)21-17-20(8-9-22(21)36-16-5-2)37(34,35)31-12-10-29(11-13-31)14-15-32;;/h8-9,17-18,32H,4-7,10-16H2,1-3H3,(H,27,28,33);2*1H. The predicted molar refractivity (Wildman–Crippen MR) is 158 cm³/mol. The van der Waals surface area contributed by atoms with Gasteiger partial charge in [-0.3, -0.25) is 9.69 Å². The van der Waals surface area contributed by atoms with Gasteiger partial charge < -0.3 is 19.4 Å². The normalized spacial score (nSPS) is 14.7. The number of ether oxygens (including phenoxy) is 1. The van der Waals surface area contributed by atoms with E-state index in [1.54, 1.807) is 18.2 Å². The molecule has 39 heavy (non-hydrogen) atoms. The summed E-state index contributed by atoms with van der Waals surface area (Å²) < 4.78 is 36.4. The number of halogens is 2. The minimum Gasteiger partial charge on any atom is -0.493 e. The molecule has 0 spiro atoms. The van der Waals surface area contributed by atoms with Crippen LogP contribution in [0, 0.1) is 0 Å². The molecule has 0 amide bonds. The molecular formula is C26H39Cl2N5O5S. The summed E-state index contributed by atoms with van der Waals surface area (Å²) in [6, 6.07) is 4.76. The molecule has 1 saturated heterocycles. The highest BCUT2D eigenvalue weighted by Crippen LogP contribution is 2.33. The average molecular weight is 605 g/mol. The Kier molecular flexibility index (Phi) is 12.3. The van der Waals surface area contributed by atoms with E-state index in [4.69, 9.17) is 9.72 Å². The first kappa shape index (κ1) is 33.1. The van der Waals surface area contributed by atoms with Crippen molar-refractivity contribution in [2.45, 2.75) is 51.5 Å². The Bertz CT molecular complexity index is 1400. The Labute approximate surface area is 242 Å². The van der Waals surface area contributed by atoms with E-state index in [1.165, 1.54) is 4.31 Å².